The number of nitrogens with zero attached hydrogens (tertiary/aromatic N) is 2. The molecule has 0 N–H and O–H groups in total. The minimum atomic E-state index is -0.883. The normalized spacial score (nSPS) is 8.87. The number of aromatic nitrogens is 1. The zero-order valence-corrected chi connectivity index (χ0v) is 8.06. The molecule has 5 heteroatoms. The molecule has 0 aromatic carbocycles. The lowest BCUT2D eigenvalue weighted by atomic mass is 10.2. The van der Waals surface area contributed by atoms with Crippen LogP contribution in [0.2, 0.25) is 0 Å². The first-order valence-corrected chi connectivity index (χ1v) is 4.09. The summed E-state index contributed by atoms with van der Waals surface area (Å²) in [5, 5.41) is 2.26. The minimum Gasteiger partial charge on any atom is -0.372 e. The van der Waals surface area contributed by atoms with Crippen molar-refractivity contribution in [2.75, 3.05) is 13.7 Å². The molecule has 0 aliphatic carbocycles. The molecule has 76 valence electrons. The maximum atomic E-state index is 10.8. The summed E-state index contributed by atoms with van der Waals surface area (Å²) in [6.45, 7) is 0.330. The second-order valence-electron chi connectivity index (χ2n) is 2.56. The maximum absolute atomic E-state index is 10.8. The second kappa shape index (κ2) is 5.62. The Morgan fingerprint density at radius 1 is 1.60 bits per heavy atom. The predicted molar refractivity (Wildman–Crippen MR) is 53.1 cm³/mol. The highest BCUT2D eigenvalue weighted by Crippen LogP contribution is 2.00. The van der Waals surface area contributed by atoms with Gasteiger partial charge in [0.15, 0.2) is 0 Å². The summed E-state index contributed by atoms with van der Waals surface area (Å²) in [4.78, 5) is 24.4. The van der Waals surface area contributed by atoms with E-state index < -0.39 is 5.91 Å². The Kier molecular flexibility index (Phi) is 4.13. The molecule has 0 bridgehead atoms. The molecule has 1 heterocycles. The van der Waals surface area contributed by atoms with Gasteiger partial charge in [-0.1, -0.05) is 11.8 Å². The molecular weight excluding hydrogens is 196 g/mol. The van der Waals surface area contributed by atoms with Crippen molar-refractivity contribution in [3.05, 3.63) is 34.5 Å². The van der Waals surface area contributed by atoms with E-state index in [4.69, 9.17) is 4.74 Å². The Morgan fingerprint density at radius 2 is 2.40 bits per heavy atom. The van der Waals surface area contributed by atoms with Crippen LogP contribution in [0.15, 0.2) is 23.5 Å². The lowest BCUT2D eigenvalue weighted by Gasteiger charge is -1.92. The molecule has 1 aromatic heterocycles. The standard InChI is InChI=1S/C10H8N2O3/c1-15-6-2-3-8-4-5-9(11-7-8)10(13)12-14/h4-5,7H,6H2,1H3. The van der Waals surface area contributed by atoms with Crippen molar-refractivity contribution >= 4 is 5.91 Å². The zero-order valence-electron chi connectivity index (χ0n) is 8.06. The summed E-state index contributed by atoms with van der Waals surface area (Å²) in [5.41, 5.74) is 0.664. The van der Waals surface area contributed by atoms with Gasteiger partial charge in [-0.3, -0.25) is 4.79 Å². The van der Waals surface area contributed by atoms with Crippen LogP contribution in [0.4, 0.5) is 0 Å². The van der Waals surface area contributed by atoms with Crippen molar-refractivity contribution in [1.29, 1.82) is 0 Å². The summed E-state index contributed by atoms with van der Waals surface area (Å²) in [5.74, 6) is 4.62. The van der Waals surface area contributed by atoms with Gasteiger partial charge in [0.25, 0.3) is 0 Å². The Labute approximate surface area is 86.4 Å². The van der Waals surface area contributed by atoms with Crippen molar-refractivity contribution in [3.63, 3.8) is 0 Å². The monoisotopic (exact) mass is 204 g/mol. The van der Waals surface area contributed by atoms with E-state index in [-0.39, 0.29) is 5.69 Å². The fraction of sp³-hybridized carbons (Fsp3) is 0.200. The molecule has 0 saturated carbocycles. The zero-order chi connectivity index (χ0) is 11.1. The highest BCUT2D eigenvalue weighted by molar-refractivity contribution is 5.92. The largest absolute Gasteiger partial charge is 0.372 e. The summed E-state index contributed by atoms with van der Waals surface area (Å²) < 4.78 is 4.74. The maximum Gasteiger partial charge on any atom is 0.334 e. The number of pyridine rings is 1. The molecule has 5 nitrogen and oxygen atoms in total. The van der Waals surface area contributed by atoms with E-state index in [0.717, 1.165) is 0 Å². The second-order valence-corrected chi connectivity index (χ2v) is 2.56. The average molecular weight is 204 g/mol. The molecule has 0 fully saturated rings. The number of ether oxygens (including phenoxy) is 1. The van der Waals surface area contributed by atoms with Crippen LogP contribution >= 0.6 is 0 Å². The molecular formula is C10H8N2O3. The molecule has 0 radical (unpaired) electrons. The van der Waals surface area contributed by atoms with E-state index in [9.17, 15) is 9.70 Å². The minimum absolute atomic E-state index is 0.0160. The quantitative estimate of drug-likeness (QED) is 0.532. The van der Waals surface area contributed by atoms with E-state index in [2.05, 4.69) is 22.0 Å². The molecule has 1 rings (SSSR count). The molecule has 0 saturated heterocycles. The van der Waals surface area contributed by atoms with E-state index >= 15 is 0 Å². The fourth-order valence-electron chi connectivity index (χ4n) is 0.851. The Bertz CT molecular complexity index is 415. The first-order chi connectivity index (χ1) is 7.27. The van der Waals surface area contributed by atoms with Crippen LogP contribution in [-0.2, 0) is 4.74 Å². The van der Waals surface area contributed by atoms with Gasteiger partial charge in [0.1, 0.15) is 12.3 Å². The van der Waals surface area contributed by atoms with Crippen LogP contribution in [0.5, 0.6) is 0 Å². The third kappa shape index (κ3) is 3.29. The van der Waals surface area contributed by atoms with Crippen LogP contribution < -0.4 is 0 Å². The van der Waals surface area contributed by atoms with Crippen molar-refractivity contribution in [3.8, 4) is 11.8 Å². The molecule has 1 amide bonds. The summed E-state index contributed by atoms with van der Waals surface area (Å²) in [6.07, 6.45) is 1.40. The van der Waals surface area contributed by atoms with Gasteiger partial charge >= 0.3 is 5.91 Å². The van der Waals surface area contributed by atoms with Gasteiger partial charge in [-0.15, -0.1) is 4.91 Å². The lowest BCUT2D eigenvalue weighted by Crippen LogP contribution is -1.97. The van der Waals surface area contributed by atoms with Crippen molar-refractivity contribution in [1.82, 2.24) is 4.98 Å². The summed E-state index contributed by atoms with van der Waals surface area (Å²) in [7, 11) is 1.55. The topological polar surface area (TPSA) is 68.6 Å². The molecule has 1 aromatic rings. The van der Waals surface area contributed by atoms with Crippen molar-refractivity contribution in [2.24, 2.45) is 5.18 Å². The first-order valence-electron chi connectivity index (χ1n) is 4.09. The average Bonchev–Trinajstić information content (AvgIpc) is 2.29. The van der Waals surface area contributed by atoms with Gasteiger partial charge in [0.2, 0.25) is 0 Å². The highest BCUT2D eigenvalue weighted by Gasteiger charge is 2.05. The third-order valence-corrected chi connectivity index (χ3v) is 1.51. The van der Waals surface area contributed by atoms with Crippen LogP contribution in [0, 0.1) is 16.7 Å². The first kappa shape index (κ1) is 11.0. The smallest absolute Gasteiger partial charge is 0.334 e. The van der Waals surface area contributed by atoms with Crippen LogP contribution in [0.3, 0.4) is 0 Å². The Balaban J connectivity index is 2.78. The number of hydrogen-bond donors (Lipinski definition) is 0. The predicted octanol–water partition coefficient (Wildman–Crippen LogP) is 0.986. The summed E-state index contributed by atoms with van der Waals surface area (Å²) in [6, 6.07) is 2.99. The number of rotatable bonds is 2. The highest BCUT2D eigenvalue weighted by atomic mass is 16.5. The van der Waals surface area contributed by atoms with Crippen LogP contribution in [-0.4, -0.2) is 24.6 Å². The van der Waals surface area contributed by atoms with Gasteiger partial charge in [-0.05, 0) is 12.1 Å². The fourth-order valence-corrected chi connectivity index (χ4v) is 0.851. The number of carbonyl (C=O) groups excluding carboxylic acids is 1. The number of hydrogen-bond acceptors (Lipinski definition) is 4. The van der Waals surface area contributed by atoms with E-state index in [1.54, 1.807) is 13.2 Å². The lowest BCUT2D eigenvalue weighted by molar-refractivity contribution is 0.0996. The number of nitroso groups, excluding NO2 is 1. The number of methoxy groups -OCH3 is 1. The Hall–Kier alpha value is -2.06. The van der Waals surface area contributed by atoms with Gasteiger partial charge < -0.3 is 4.74 Å². The van der Waals surface area contributed by atoms with Crippen LogP contribution in [0.1, 0.15) is 16.1 Å². The SMILES string of the molecule is COCC#Cc1ccc(C(=O)N=O)nc1. The van der Waals surface area contributed by atoms with Crippen molar-refractivity contribution in [2.45, 2.75) is 0 Å². The van der Waals surface area contributed by atoms with Gasteiger partial charge in [0, 0.05) is 24.0 Å². The Morgan fingerprint density at radius 3 is 2.93 bits per heavy atom. The molecule has 0 unspecified atom stereocenters. The van der Waals surface area contributed by atoms with Crippen molar-refractivity contribution < 1.29 is 9.53 Å². The van der Waals surface area contributed by atoms with Crippen LogP contribution in [0.25, 0.3) is 0 Å². The molecule has 15 heavy (non-hydrogen) atoms. The number of amides is 1. The number of carbonyl (C=O) groups is 1. The van der Waals surface area contributed by atoms with Gasteiger partial charge in [-0.25, -0.2) is 4.98 Å². The summed E-state index contributed by atoms with van der Waals surface area (Å²) >= 11 is 0. The van der Waals surface area contributed by atoms with E-state index in [1.807, 2.05) is 0 Å². The molecule has 0 aliphatic rings. The van der Waals surface area contributed by atoms with E-state index in [1.165, 1.54) is 12.3 Å². The van der Waals surface area contributed by atoms with Gasteiger partial charge in [0.05, 0.1) is 0 Å². The molecule has 0 spiro atoms. The van der Waals surface area contributed by atoms with Gasteiger partial charge in [-0.2, -0.15) is 0 Å². The molecule has 0 atom stereocenters. The molecule has 0 aliphatic heterocycles. The third-order valence-electron chi connectivity index (χ3n) is 1.51. The van der Waals surface area contributed by atoms with E-state index in [0.29, 0.717) is 12.2 Å².